The molecule has 88 valence electrons. The Hall–Kier alpha value is -1.60. The minimum atomic E-state index is 0.196. The van der Waals surface area contributed by atoms with Crippen molar-refractivity contribution in [2.75, 3.05) is 0 Å². The molecule has 0 fully saturated rings. The predicted molar refractivity (Wildman–Crippen MR) is 74.0 cm³/mol. The van der Waals surface area contributed by atoms with Crippen LogP contribution in [0, 0.1) is 6.92 Å². The van der Waals surface area contributed by atoms with Crippen molar-refractivity contribution >= 4 is 0 Å². The second-order valence-corrected chi connectivity index (χ2v) is 4.70. The zero-order valence-electron chi connectivity index (χ0n) is 10.5. The molecule has 0 aliphatic carbocycles. The summed E-state index contributed by atoms with van der Waals surface area (Å²) in [6.45, 7) is 4.16. The average Bonchev–Trinajstić information content (AvgIpc) is 2.30. The molecule has 1 heteroatoms. The van der Waals surface area contributed by atoms with Gasteiger partial charge < -0.3 is 5.73 Å². The van der Waals surface area contributed by atoms with Gasteiger partial charge in [-0.05, 0) is 37.0 Å². The highest BCUT2D eigenvalue weighted by Gasteiger charge is 2.05. The Balaban J connectivity index is 2.40. The normalized spacial score (nSPS) is 12.4. The fourth-order valence-corrected chi connectivity index (χ4v) is 2.06. The van der Waals surface area contributed by atoms with Crippen LogP contribution in [0.25, 0.3) is 11.1 Å². The maximum Gasteiger partial charge on any atom is 0.00511 e. The molecule has 2 aromatic rings. The first-order chi connectivity index (χ1) is 8.16. The lowest BCUT2D eigenvalue weighted by molar-refractivity contribution is 0.739. The minimum absolute atomic E-state index is 0.196. The molecule has 1 atom stereocenters. The Bertz CT molecular complexity index is 483. The van der Waals surface area contributed by atoms with Crippen LogP contribution >= 0.6 is 0 Å². The quantitative estimate of drug-likeness (QED) is 0.849. The zero-order chi connectivity index (χ0) is 12.3. The SMILES string of the molecule is Cc1ccc(-c2ccccc2CC(C)N)cc1. The molecule has 0 aliphatic heterocycles. The number of aryl methyl sites for hydroxylation is 1. The molecule has 0 aliphatic rings. The number of hydrogen-bond acceptors (Lipinski definition) is 1. The van der Waals surface area contributed by atoms with Crippen LogP contribution in [0.1, 0.15) is 18.1 Å². The van der Waals surface area contributed by atoms with Crippen molar-refractivity contribution in [3.05, 3.63) is 59.7 Å². The van der Waals surface area contributed by atoms with Gasteiger partial charge >= 0.3 is 0 Å². The van der Waals surface area contributed by atoms with Crippen molar-refractivity contribution in [2.24, 2.45) is 5.73 Å². The van der Waals surface area contributed by atoms with E-state index in [1.54, 1.807) is 0 Å². The van der Waals surface area contributed by atoms with E-state index in [4.69, 9.17) is 5.73 Å². The van der Waals surface area contributed by atoms with Crippen molar-refractivity contribution in [3.8, 4) is 11.1 Å². The topological polar surface area (TPSA) is 26.0 Å². The van der Waals surface area contributed by atoms with Crippen molar-refractivity contribution in [2.45, 2.75) is 26.3 Å². The van der Waals surface area contributed by atoms with Crippen LogP contribution in [0.2, 0.25) is 0 Å². The number of rotatable bonds is 3. The molecular formula is C16H19N. The highest BCUT2D eigenvalue weighted by atomic mass is 14.6. The summed E-state index contributed by atoms with van der Waals surface area (Å²) in [5.41, 5.74) is 11.1. The minimum Gasteiger partial charge on any atom is -0.328 e. The van der Waals surface area contributed by atoms with Gasteiger partial charge in [0.05, 0.1) is 0 Å². The third-order valence-electron chi connectivity index (χ3n) is 2.92. The molecule has 2 rings (SSSR count). The van der Waals surface area contributed by atoms with E-state index in [0.717, 1.165) is 6.42 Å². The van der Waals surface area contributed by atoms with Crippen molar-refractivity contribution in [3.63, 3.8) is 0 Å². The van der Waals surface area contributed by atoms with E-state index in [-0.39, 0.29) is 6.04 Å². The van der Waals surface area contributed by atoms with Crippen LogP contribution in [-0.2, 0) is 6.42 Å². The Morgan fingerprint density at radius 1 is 1.00 bits per heavy atom. The fraction of sp³-hybridized carbons (Fsp3) is 0.250. The zero-order valence-corrected chi connectivity index (χ0v) is 10.5. The molecule has 2 N–H and O–H groups in total. The van der Waals surface area contributed by atoms with E-state index in [1.165, 1.54) is 22.3 Å². The average molecular weight is 225 g/mol. The summed E-state index contributed by atoms with van der Waals surface area (Å²) in [5.74, 6) is 0. The molecule has 0 bridgehead atoms. The molecular weight excluding hydrogens is 206 g/mol. The molecule has 0 amide bonds. The van der Waals surface area contributed by atoms with Crippen LogP contribution in [0.15, 0.2) is 48.5 Å². The molecule has 0 saturated carbocycles. The predicted octanol–water partition coefficient (Wildman–Crippen LogP) is 3.55. The van der Waals surface area contributed by atoms with Crippen molar-refractivity contribution in [1.29, 1.82) is 0 Å². The van der Waals surface area contributed by atoms with E-state index in [9.17, 15) is 0 Å². The van der Waals surface area contributed by atoms with E-state index in [0.29, 0.717) is 0 Å². The Kier molecular flexibility index (Phi) is 3.60. The summed E-state index contributed by atoms with van der Waals surface area (Å²) >= 11 is 0. The maximum atomic E-state index is 5.90. The molecule has 1 unspecified atom stereocenters. The standard InChI is InChI=1S/C16H19N/c1-12-7-9-14(10-8-12)16-6-4-3-5-15(16)11-13(2)17/h3-10,13H,11,17H2,1-2H3. The molecule has 1 nitrogen and oxygen atoms in total. The molecule has 17 heavy (non-hydrogen) atoms. The third-order valence-corrected chi connectivity index (χ3v) is 2.92. The second kappa shape index (κ2) is 5.15. The van der Waals surface area contributed by atoms with E-state index in [1.807, 2.05) is 6.92 Å². The fourth-order valence-electron chi connectivity index (χ4n) is 2.06. The Labute approximate surface area is 103 Å². The smallest absolute Gasteiger partial charge is 0.00511 e. The van der Waals surface area contributed by atoms with Crippen LogP contribution in [-0.4, -0.2) is 6.04 Å². The summed E-state index contributed by atoms with van der Waals surface area (Å²) in [5, 5.41) is 0. The molecule has 2 aromatic carbocycles. The van der Waals surface area contributed by atoms with Gasteiger partial charge in [-0.15, -0.1) is 0 Å². The highest BCUT2D eigenvalue weighted by molar-refractivity contribution is 5.67. The van der Waals surface area contributed by atoms with Gasteiger partial charge in [0, 0.05) is 6.04 Å². The van der Waals surface area contributed by atoms with Gasteiger partial charge in [0.1, 0.15) is 0 Å². The highest BCUT2D eigenvalue weighted by Crippen LogP contribution is 2.24. The molecule has 0 spiro atoms. The van der Waals surface area contributed by atoms with Gasteiger partial charge in [0.25, 0.3) is 0 Å². The lowest BCUT2D eigenvalue weighted by Gasteiger charge is -2.12. The van der Waals surface area contributed by atoms with Gasteiger partial charge in [0.2, 0.25) is 0 Å². The Morgan fingerprint density at radius 2 is 1.65 bits per heavy atom. The first-order valence-electron chi connectivity index (χ1n) is 6.07. The second-order valence-electron chi connectivity index (χ2n) is 4.70. The van der Waals surface area contributed by atoms with Gasteiger partial charge in [-0.25, -0.2) is 0 Å². The molecule has 0 saturated heterocycles. The summed E-state index contributed by atoms with van der Waals surface area (Å²) in [7, 11) is 0. The van der Waals surface area contributed by atoms with Gasteiger partial charge in [-0.3, -0.25) is 0 Å². The summed E-state index contributed by atoms with van der Waals surface area (Å²) in [6.07, 6.45) is 0.921. The summed E-state index contributed by atoms with van der Waals surface area (Å²) in [4.78, 5) is 0. The van der Waals surface area contributed by atoms with Gasteiger partial charge in [-0.1, -0.05) is 54.1 Å². The third kappa shape index (κ3) is 2.95. The van der Waals surface area contributed by atoms with Crippen LogP contribution in [0.4, 0.5) is 0 Å². The first kappa shape index (κ1) is 11.9. The lowest BCUT2D eigenvalue weighted by Crippen LogP contribution is -2.18. The van der Waals surface area contributed by atoms with Crippen LogP contribution in [0.5, 0.6) is 0 Å². The van der Waals surface area contributed by atoms with Crippen molar-refractivity contribution in [1.82, 2.24) is 0 Å². The first-order valence-corrected chi connectivity index (χ1v) is 6.07. The summed E-state index contributed by atoms with van der Waals surface area (Å²) < 4.78 is 0. The monoisotopic (exact) mass is 225 g/mol. The maximum absolute atomic E-state index is 5.90. The van der Waals surface area contributed by atoms with E-state index >= 15 is 0 Å². The number of benzene rings is 2. The van der Waals surface area contributed by atoms with Crippen LogP contribution in [0.3, 0.4) is 0 Å². The van der Waals surface area contributed by atoms with E-state index < -0.39 is 0 Å². The van der Waals surface area contributed by atoms with Crippen LogP contribution < -0.4 is 5.73 Å². The number of hydrogen-bond donors (Lipinski definition) is 1. The summed E-state index contributed by atoms with van der Waals surface area (Å²) in [6, 6.07) is 17.3. The largest absolute Gasteiger partial charge is 0.328 e. The molecule has 0 heterocycles. The van der Waals surface area contributed by atoms with Gasteiger partial charge in [-0.2, -0.15) is 0 Å². The van der Waals surface area contributed by atoms with Gasteiger partial charge in [0.15, 0.2) is 0 Å². The Morgan fingerprint density at radius 3 is 2.29 bits per heavy atom. The molecule has 0 aromatic heterocycles. The number of nitrogens with two attached hydrogens (primary N) is 1. The van der Waals surface area contributed by atoms with Crippen molar-refractivity contribution < 1.29 is 0 Å². The molecule has 0 radical (unpaired) electrons. The van der Waals surface area contributed by atoms with E-state index in [2.05, 4.69) is 55.5 Å². The lowest BCUT2D eigenvalue weighted by atomic mass is 9.95.